The average Bonchev–Trinajstić information content (AvgIpc) is 2.54. The van der Waals surface area contributed by atoms with E-state index in [4.69, 9.17) is 14.6 Å². The normalized spacial score (nSPS) is 24.1. The van der Waals surface area contributed by atoms with E-state index in [9.17, 15) is 9.59 Å². The van der Waals surface area contributed by atoms with Crippen LogP contribution in [-0.4, -0.2) is 53.5 Å². The molecular formula is C12H21NO5. The first-order valence-corrected chi connectivity index (χ1v) is 6.00. The summed E-state index contributed by atoms with van der Waals surface area (Å²) in [6.45, 7) is 7.92. The Morgan fingerprint density at radius 3 is 2.44 bits per heavy atom. The second kappa shape index (κ2) is 5.56. The van der Waals surface area contributed by atoms with Crippen LogP contribution in [0.4, 0.5) is 4.79 Å². The van der Waals surface area contributed by atoms with Crippen molar-refractivity contribution in [3.8, 4) is 0 Å². The maximum atomic E-state index is 11.8. The van der Waals surface area contributed by atoms with Gasteiger partial charge in [-0.15, -0.1) is 0 Å². The molecule has 1 aliphatic rings. The minimum atomic E-state index is -1.00. The molecule has 1 N–H and O–H groups in total. The molecule has 0 aliphatic carbocycles. The number of carbonyl (C=O) groups is 2. The summed E-state index contributed by atoms with van der Waals surface area (Å²) in [7, 11) is 0. The van der Waals surface area contributed by atoms with Crippen molar-refractivity contribution in [3.05, 3.63) is 0 Å². The molecule has 0 bridgehead atoms. The fourth-order valence-corrected chi connectivity index (χ4v) is 1.81. The van der Waals surface area contributed by atoms with Crippen LogP contribution >= 0.6 is 0 Å². The summed E-state index contributed by atoms with van der Waals surface area (Å²) in [4.78, 5) is 23.8. The minimum absolute atomic E-state index is 0.108. The highest BCUT2D eigenvalue weighted by atomic mass is 16.6. The van der Waals surface area contributed by atoms with E-state index in [1.54, 1.807) is 4.90 Å². The molecule has 0 aromatic rings. The SMILES string of the molecule is CC1CN(C(=O)OC(C)(C)C)CC1OCC(=O)O. The highest BCUT2D eigenvalue weighted by Crippen LogP contribution is 2.21. The molecule has 2 unspecified atom stereocenters. The van der Waals surface area contributed by atoms with Gasteiger partial charge in [0.15, 0.2) is 0 Å². The van der Waals surface area contributed by atoms with Gasteiger partial charge >= 0.3 is 12.1 Å². The summed E-state index contributed by atoms with van der Waals surface area (Å²) in [5, 5.41) is 8.56. The van der Waals surface area contributed by atoms with Gasteiger partial charge in [0.05, 0.1) is 12.6 Å². The van der Waals surface area contributed by atoms with Gasteiger partial charge < -0.3 is 19.5 Å². The van der Waals surface area contributed by atoms with Crippen LogP contribution in [0.25, 0.3) is 0 Å². The van der Waals surface area contributed by atoms with Gasteiger partial charge in [-0.3, -0.25) is 0 Å². The molecule has 1 amide bonds. The van der Waals surface area contributed by atoms with Gasteiger partial charge in [0, 0.05) is 12.5 Å². The number of hydrogen-bond donors (Lipinski definition) is 1. The van der Waals surface area contributed by atoms with Crippen molar-refractivity contribution in [2.45, 2.75) is 39.4 Å². The lowest BCUT2D eigenvalue weighted by atomic mass is 10.1. The van der Waals surface area contributed by atoms with Crippen LogP contribution in [0.3, 0.4) is 0 Å². The van der Waals surface area contributed by atoms with Crippen molar-refractivity contribution in [1.29, 1.82) is 0 Å². The second-order valence-electron chi connectivity index (χ2n) is 5.61. The van der Waals surface area contributed by atoms with Gasteiger partial charge in [-0.2, -0.15) is 0 Å². The molecule has 1 saturated heterocycles. The van der Waals surface area contributed by atoms with E-state index in [0.29, 0.717) is 13.1 Å². The van der Waals surface area contributed by atoms with Crippen LogP contribution in [0.1, 0.15) is 27.7 Å². The van der Waals surface area contributed by atoms with E-state index in [2.05, 4.69) is 0 Å². The van der Waals surface area contributed by atoms with Crippen LogP contribution in [-0.2, 0) is 14.3 Å². The van der Waals surface area contributed by atoms with Crippen molar-refractivity contribution in [3.63, 3.8) is 0 Å². The van der Waals surface area contributed by atoms with Gasteiger partial charge in [-0.05, 0) is 20.8 Å². The topological polar surface area (TPSA) is 76.1 Å². The Hall–Kier alpha value is -1.30. The van der Waals surface area contributed by atoms with E-state index in [1.165, 1.54) is 0 Å². The lowest BCUT2D eigenvalue weighted by Crippen LogP contribution is -2.36. The summed E-state index contributed by atoms with van der Waals surface area (Å²) in [6, 6.07) is 0. The van der Waals surface area contributed by atoms with E-state index in [0.717, 1.165) is 0 Å². The van der Waals surface area contributed by atoms with Crippen molar-refractivity contribution in [2.75, 3.05) is 19.7 Å². The zero-order chi connectivity index (χ0) is 13.9. The van der Waals surface area contributed by atoms with Gasteiger partial charge in [-0.1, -0.05) is 6.92 Å². The Kier molecular flexibility index (Phi) is 4.56. The molecule has 1 fully saturated rings. The largest absolute Gasteiger partial charge is 0.480 e. The first kappa shape index (κ1) is 14.8. The van der Waals surface area contributed by atoms with Crippen LogP contribution in [0.5, 0.6) is 0 Å². The van der Waals surface area contributed by atoms with Crippen LogP contribution < -0.4 is 0 Å². The number of carboxylic acids is 1. The predicted octanol–water partition coefficient (Wildman–Crippen LogP) is 1.34. The molecule has 0 aromatic carbocycles. The van der Waals surface area contributed by atoms with Crippen LogP contribution in [0.2, 0.25) is 0 Å². The summed E-state index contributed by atoms with van der Waals surface area (Å²) in [5.41, 5.74) is -0.527. The lowest BCUT2D eigenvalue weighted by molar-refractivity contribution is -0.144. The molecule has 1 aliphatic heterocycles. The van der Waals surface area contributed by atoms with E-state index in [1.807, 2.05) is 27.7 Å². The fraction of sp³-hybridized carbons (Fsp3) is 0.833. The molecule has 0 aromatic heterocycles. The fourth-order valence-electron chi connectivity index (χ4n) is 1.81. The van der Waals surface area contributed by atoms with Crippen molar-refractivity contribution in [2.24, 2.45) is 5.92 Å². The van der Waals surface area contributed by atoms with Crippen LogP contribution in [0.15, 0.2) is 0 Å². The monoisotopic (exact) mass is 259 g/mol. The number of rotatable bonds is 3. The number of ether oxygens (including phenoxy) is 2. The molecule has 0 saturated carbocycles. The Morgan fingerprint density at radius 2 is 1.94 bits per heavy atom. The summed E-state index contributed by atoms with van der Waals surface area (Å²) in [6.07, 6.45) is -0.621. The van der Waals surface area contributed by atoms with E-state index < -0.39 is 11.6 Å². The van der Waals surface area contributed by atoms with Crippen molar-refractivity contribution >= 4 is 12.1 Å². The molecule has 6 heteroatoms. The van der Waals surface area contributed by atoms with Gasteiger partial charge in [0.1, 0.15) is 12.2 Å². The molecule has 0 radical (unpaired) electrons. The number of nitrogens with zero attached hydrogens (tertiary/aromatic N) is 1. The molecule has 18 heavy (non-hydrogen) atoms. The average molecular weight is 259 g/mol. The Labute approximate surface area is 107 Å². The third-order valence-corrected chi connectivity index (χ3v) is 2.62. The zero-order valence-electron chi connectivity index (χ0n) is 11.3. The quantitative estimate of drug-likeness (QED) is 0.827. The first-order chi connectivity index (χ1) is 8.19. The number of aliphatic carboxylic acids is 1. The lowest BCUT2D eigenvalue weighted by Gasteiger charge is -2.24. The molecule has 104 valence electrons. The smallest absolute Gasteiger partial charge is 0.410 e. The molecule has 6 nitrogen and oxygen atoms in total. The maximum Gasteiger partial charge on any atom is 0.410 e. The molecule has 2 atom stereocenters. The Balaban J connectivity index is 2.47. The standard InChI is InChI=1S/C12H21NO5/c1-8-5-13(11(16)18-12(2,3)4)6-9(8)17-7-10(14)15/h8-9H,5-7H2,1-4H3,(H,14,15). The minimum Gasteiger partial charge on any atom is -0.480 e. The van der Waals surface area contributed by atoms with E-state index >= 15 is 0 Å². The molecule has 1 rings (SSSR count). The first-order valence-electron chi connectivity index (χ1n) is 6.00. The Bertz CT molecular complexity index is 323. The highest BCUT2D eigenvalue weighted by Gasteiger charge is 2.35. The Morgan fingerprint density at radius 1 is 1.33 bits per heavy atom. The molecule has 1 heterocycles. The number of carboxylic acid groups (broad SMARTS) is 1. The predicted molar refractivity (Wildman–Crippen MR) is 64.3 cm³/mol. The number of carbonyl (C=O) groups excluding carboxylic acids is 1. The van der Waals surface area contributed by atoms with Gasteiger partial charge in [0.25, 0.3) is 0 Å². The highest BCUT2D eigenvalue weighted by molar-refractivity contribution is 5.69. The second-order valence-corrected chi connectivity index (χ2v) is 5.61. The maximum absolute atomic E-state index is 11.8. The third kappa shape index (κ3) is 4.52. The summed E-state index contributed by atoms with van der Waals surface area (Å²) < 4.78 is 10.5. The van der Waals surface area contributed by atoms with Gasteiger partial charge in [0.2, 0.25) is 0 Å². The zero-order valence-corrected chi connectivity index (χ0v) is 11.3. The number of amides is 1. The van der Waals surface area contributed by atoms with Crippen LogP contribution in [0, 0.1) is 5.92 Å². The molecule has 0 spiro atoms. The summed E-state index contributed by atoms with van der Waals surface area (Å²) in [5.74, 6) is -0.894. The molecular weight excluding hydrogens is 238 g/mol. The number of likely N-dealkylation sites (tertiary alicyclic amines) is 1. The van der Waals surface area contributed by atoms with Gasteiger partial charge in [-0.25, -0.2) is 9.59 Å². The third-order valence-electron chi connectivity index (χ3n) is 2.62. The summed E-state index contributed by atoms with van der Waals surface area (Å²) >= 11 is 0. The number of hydrogen-bond acceptors (Lipinski definition) is 4. The van der Waals surface area contributed by atoms with E-state index in [-0.39, 0.29) is 24.7 Å². The van der Waals surface area contributed by atoms with Crippen molar-refractivity contribution in [1.82, 2.24) is 4.90 Å². The van der Waals surface area contributed by atoms with Crippen molar-refractivity contribution < 1.29 is 24.2 Å².